The van der Waals surface area contributed by atoms with Gasteiger partial charge in [-0.2, -0.15) is 0 Å². The van der Waals surface area contributed by atoms with E-state index >= 15 is 0 Å². The van der Waals surface area contributed by atoms with E-state index < -0.39 is 0 Å². The number of likely N-dealkylation sites (tertiary alicyclic amines) is 1. The fourth-order valence-electron chi connectivity index (χ4n) is 3.34. The topological polar surface area (TPSA) is 62.3 Å². The van der Waals surface area contributed by atoms with Crippen LogP contribution in [0, 0.1) is 11.7 Å². The summed E-state index contributed by atoms with van der Waals surface area (Å²) < 4.78 is 13.0. The third kappa shape index (κ3) is 5.12. The molecule has 1 aromatic carbocycles. The van der Waals surface area contributed by atoms with Gasteiger partial charge < -0.3 is 10.2 Å². The monoisotopic (exact) mass is 369 g/mol. The number of piperidine rings is 1. The van der Waals surface area contributed by atoms with Crippen molar-refractivity contribution in [2.45, 2.75) is 32.2 Å². The molecule has 2 heterocycles. The van der Waals surface area contributed by atoms with Crippen LogP contribution in [0.2, 0.25) is 0 Å². The molecule has 6 heteroatoms. The zero-order valence-corrected chi connectivity index (χ0v) is 15.4. The Kier molecular flexibility index (Phi) is 6.16. The number of rotatable bonds is 5. The van der Waals surface area contributed by atoms with Crippen molar-refractivity contribution in [2.24, 2.45) is 5.92 Å². The molecule has 3 rings (SSSR count). The number of nitrogens with one attached hydrogen (secondary N) is 1. The van der Waals surface area contributed by atoms with E-state index in [1.165, 1.54) is 12.1 Å². The standard InChI is InChI=1S/C21H24FN3O2/c1-15(19-6-2-3-11-23-19)24-21(27)17-5-4-12-25(14-17)20(26)13-16-7-9-18(22)10-8-16/h2-3,6-11,15,17H,4-5,12-14H2,1H3,(H,24,27). The fourth-order valence-corrected chi connectivity index (χ4v) is 3.34. The predicted octanol–water partition coefficient (Wildman–Crippen LogP) is 2.88. The van der Waals surface area contributed by atoms with Crippen LogP contribution in [0.1, 0.15) is 37.1 Å². The van der Waals surface area contributed by atoms with Crippen LogP contribution in [0.25, 0.3) is 0 Å². The second kappa shape index (κ2) is 8.75. The molecule has 1 aromatic heterocycles. The van der Waals surface area contributed by atoms with Gasteiger partial charge in [0.1, 0.15) is 5.82 Å². The molecule has 2 amide bonds. The number of pyridine rings is 1. The lowest BCUT2D eigenvalue weighted by Crippen LogP contribution is -2.46. The molecule has 1 saturated heterocycles. The van der Waals surface area contributed by atoms with Crippen molar-refractivity contribution >= 4 is 11.8 Å². The van der Waals surface area contributed by atoms with Crippen LogP contribution in [0.15, 0.2) is 48.7 Å². The van der Waals surface area contributed by atoms with Gasteiger partial charge in [-0.3, -0.25) is 14.6 Å². The molecular formula is C21H24FN3O2. The van der Waals surface area contributed by atoms with Crippen molar-refractivity contribution in [3.63, 3.8) is 0 Å². The molecule has 2 atom stereocenters. The third-order valence-electron chi connectivity index (χ3n) is 4.90. The molecule has 0 saturated carbocycles. The summed E-state index contributed by atoms with van der Waals surface area (Å²) in [7, 11) is 0. The van der Waals surface area contributed by atoms with E-state index in [9.17, 15) is 14.0 Å². The Bertz CT molecular complexity index is 780. The van der Waals surface area contributed by atoms with Crippen LogP contribution in [0.5, 0.6) is 0 Å². The number of benzene rings is 1. The average molecular weight is 369 g/mol. The van der Waals surface area contributed by atoms with Crippen LogP contribution < -0.4 is 5.32 Å². The Morgan fingerprint density at radius 2 is 2.04 bits per heavy atom. The maximum absolute atomic E-state index is 13.0. The highest BCUT2D eigenvalue weighted by Gasteiger charge is 2.29. The second-order valence-corrected chi connectivity index (χ2v) is 6.97. The second-order valence-electron chi connectivity index (χ2n) is 6.97. The van der Waals surface area contributed by atoms with Crippen LogP contribution in [0.4, 0.5) is 4.39 Å². The predicted molar refractivity (Wildman–Crippen MR) is 100 cm³/mol. The lowest BCUT2D eigenvalue weighted by Gasteiger charge is -2.32. The van der Waals surface area contributed by atoms with E-state index in [-0.39, 0.29) is 36.0 Å². The van der Waals surface area contributed by atoms with Crippen LogP contribution in [-0.4, -0.2) is 34.8 Å². The molecule has 5 nitrogen and oxygen atoms in total. The zero-order valence-electron chi connectivity index (χ0n) is 15.4. The largest absolute Gasteiger partial charge is 0.348 e. The summed E-state index contributed by atoms with van der Waals surface area (Å²) >= 11 is 0. The molecule has 0 bridgehead atoms. The zero-order chi connectivity index (χ0) is 19.2. The molecule has 1 aliphatic heterocycles. The van der Waals surface area contributed by atoms with Crippen molar-refractivity contribution in [3.8, 4) is 0 Å². The molecule has 1 fully saturated rings. The Balaban J connectivity index is 1.55. The Labute approximate surface area is 158 Å². The van der Waals surface area contributed by atoms with Gasteiger partial charge >= 0.3 is 0 Å². The van der Waals surface area contributed by atoms with Gasteiger partial charge in [0.2, 0.25) is 11.8 Å². The summed E-state index contributed by atoms with van der Waals surface area (Å²) in [6.45, 7) is 2.97. The summed E-state index contributed by atoms with van der Waals surface area (Å²) in [5.41, 5.74) is 1.59. The molecule has 0 spiro atoms. The fraction of sp³-hybridized carbons (Fsp3) is 0.381. The molecule has 2 unspecified atom stereocenters. The van der Waals surface area contributed by atoms with Crippen molar-refractivity contribution in [2.75, 3.05) is 13.1 Å². The summed E-state index contributed by atoms with van der Waals surface area (Å²) in [4.78, 5) is 31.2. The third-order valence-corrected chi connectivity index (χ3v) is 4.90. The summed E-state index contributed by atoms with van der Waals surface area (Å²) in [6, 6.07) is 11.4. The first-order chi connectivity index (χ1) is 13.0. The molecule has 27 heavy (non-hydrogen) atoms. The van der Waals surface area contributed by atoms with E-state index in [1.807, 2.05) is 25.1 Å². The molecule has 0 aliphatic carbocycles. The minimum absolute atomic E-state index is 0.0307. The SMILES string of the molecule is CC(NC(=O)C1CCCN(C(=O)Cc2ccc(F)cc2)C1)c1ccccn1. The van der Waals surface area contributed by atoms with Crippen molar-refractivity contribution < 1.29 is 14.0 Å². The maximum Gasteiger partial charge on any atom is 0.227 e. The van der Waals surface area contributed by atoms with Gasteiger partial charge in [-0.15, -0.1) is 0 Å². The maximum atomic E-state index is 13.0. The van der Waals surface area contributed by atoms with E-state index in [2.05, 4.69) is 10.3 Å². The highest BCUT2D eigenvalue weighted by Crippen LogP contribution is 2.19. The molecule has 0 radical (unpaired) electrons. The highest BCUT2D eigenvalue weighted by atomic mass is 19.1. The minimum Gasteiger partial charge on any atom is -0.348 e. The molecular weight excluding hydrogens is 345 g/mol. The van der Waals surface area contributed by atoms with Crippen LogP contribution in [-0.2, 0) is 16.0 Å². The normalized spacial score (nSPS) is 18.0. The lowest BCUT2D eigenvalue weighted by molar-refractivity contribution is -0.135. The Morgan fingerprint density at radius 1 is 1.26 bits per heavy atom. The average Bonchev–Trinajstić information content (AvgIpc) is 2.70. The van der Waals surface area contributed by atoms with E-state index in [4.69, 9.17) is 0 Å². The lowest BCUT2D eigenvalue weighted by atomic mass is 9.96. The number of hydrogen-bond acceptors (Lipinski definition) is 3. The minimum atomic E-state index is -0.317. The van der Waals surface area contributed by atoms with Gasteiger partial charge in [0, 0.05) is 19.3 Å². The quantitative estimate of drug-likeness (QED) is 0.882. The van der Waals surface area contributed by atoms with E-state index in [0.717, 1.165) is 24.1 Å². The van der Waals surface area contributed by atoms with Gasteiger partial charge in [-0.25, -0.2) is 4.39 Å². The number of hydrogen-bond donors (Lipinski definition) is 1. The number of carbonyl (C=O) groups is 2. The van der Waals surface area contributed by atoms with Gasteiger partial charge in [-0.1, -0.05) is 18.2 Å². The molecule has 142 valence electrons. The smallest absolute Gasteiger partial charge is 0.227 e. The van der Waals surface area contributed by atoms with Gasteiger partial charge in [0.15, 0.2) is 0 Å². The summed E-state index contributed by atoms with van der Waals surface area (Å²) in [5.74, 6) is -0.616. The number of nitrogens with zero attached hydrogens (tertiary/aromatic N) is 2. The first-order valence-electron chi connectivity index (χ1n) is 9.26. The molecule has 1 aliphatic rings. The van der Waals surface area contributed by atoms with Crippen LogP contribution >= 0.6 is 0 Å². The van der Waals surface area contributed by atoms with E-state index in [0.29, 0.717) is 13.1 Å². The summed E-state index contributed by atoms with van der Waals surface area (Å²) in [6.07, 6.45) is 3.49. The van der Waals surface area contributed by atoms with Gasteiger partial charge in [-0.05, 0) is 49.6 Å². The van der Waals surface area contributed by atoms with E-state index in [1.54, 1.807) is 23.2 Å². The first kappa shape index (κ1) is 19.0. The summed E-state index contributed by atoms with van der Waals surface area (Å²) in [5, 5.41) is 3.00. The van der Waals surface area contributed by atoms with Gasteiger partial charge in [0.05, 0.1) is 24.1 Å². The molecule has 2 aromatic rings. The van der Waals surface area contributed by atoms with Crippen molar-refractivity contribution in [1.82, 2.24) is 15.2 Å². The first-order valence-corrected chi connectivity index (χ1v) is 9.26. The molecule has 1 N–H and O–H groups in total. The van der Waals surface area contributed by atoms with Crippen molar-refractivity contribution in [1.29, 1.82) is 0 Å². The highest BCUT2D eigenvalue weighted by molar-refractivity contribution is 5.82. The number of amides is 2. The number of aromatic nitrogens is 1. The Morgan fingerprint density at radius 3 is 2.74 bits per heavy atom. The van der Waals surface area contributed by atoms with Gasteiger partial charge in [0.25, 0.3) is 0 Å². The van der Waals surface area contributed by atoms with Crippen molar-refractivity contribution in [3.05, 3.63) is 65.7 Å². The number of carbonyl (C=O) groups excluding carboxylic acids is 2. The number of halogens is 1. The Hall–Kier alpha value is -2.76. The van der Waals surface area contributed by atoms with Crippen LogP contribution in [0.3, 0.4) is 0 Å².